The Labute approximate surface area is 125 Å². The molecule has 2 rings (SSSR count). The summed E-state index contributed by atoms with van der Waals surface area (Å²) < 4.78 is 0. The second kappa shape index (κ2) is 6.30. The summed E-state index contributed by atoms with van der Waals surface area (Å²) in [5, 5.41) is 3.76. The van der Waals surface area contributed by atoms with E-state index in [9.17, 15) is 0 Å². The van der Waals surface area contributed by atoms with Crippen LogP contribution >= 0.6 is 0 Å². The lowest BCUT2D eigenvalue weighted by Crippen LogP contribution is -2.26. The maximum Gasteiger partial charge on any atom is 0.0330 e. The molecule has 0 aromatic heterocycles. The van der Waals surface area contributed by atoms with Gasteiger partial charge in [-0.1, -0.05) is 46.8 Å². The second-order valence-corrected chi connectivity index (χ2v) is 6.96. The molecule has 20 heavy (non-hydrogen) atoms. The van der Waals surface area contributed by atoms with Crippen LogP contribution in [0.1, 0.15) is 75.8 Å². The van der Waals surface area contributed by atoms with Gasteiger partial charge in [-0.05, 0) is 66.3 Å². The average molecular weight is 273 g/mol. The molecule has 0 heterocycles. The normalized spacial score (nSPS) is 21.4. The number of fused-ring (bicyclic) bond motifs is 1. The summed E-state index contributed by atoms with van der Waals surface area (Å²) in [7, 11) is 0. The molecular formula is C19H31N. The average Bonchev–Trinajstić information content (AvgIpc) is 2.55. The van der Waals surface area contributed by atoms with Crippen LogP contribution in [-0.4, -0.2) is 6.54 Å². The van der Waals surface area contributed by atoms with E-state index in [2.05, 4.69) is 52.1 Å². The van der Waals surface area contributed by atoms with Crippen molar-refractivity contribution in [2.45, 2.75) is 72.8 Å². The highest BCUT2D eigenvalue weighted by Crippen LogP contribution is 2.41. The lowest BCUT2D eigenvalue weighted by atomic mass is 9.82. The Balaban J connectivity index is 2.55. The molecule has 1 aromatic carbocycles. The molecule has 1 aliphatic rings. The van der Waals surface area contributed by atoms with E-state index < -0.39 is 0 Å². The first-order chi connectivity index (χ1) is 9.52. The molecule has 0 radical (unpaired) electrons. The molecule has 0 saturated heterocycles. The molecule has 0 amide bonds. The van der Waals surface area contributed by atoms with Gasteiger partial charge >= 0.3 is 0 Å². The Kier molecular flexibility index (Phi) is 4.90. The SMILES string of the molecule is CCNC1CC(C)(C)CCc2c(CC)ccc(CC)c21. The van der Waals surface area contributed by atoms with Gasteiger partial charge in [0.15, 0.2) is 0 Å². The zero-order valence-corrected chi connectivity index (χ0v) is 14.0. The Morgan fingerprint density at radius 2 is 1.75 bits per heavy atom. The standard InChI is InChI=1S/C19H31N/c1-6-14-9-10-15(7-2)18-16(14)11-12-19(4,5)13-17(18)20-8-3/h9-10,17,20H,6-8,11-13H2,1-5H3. The molecule has 0 bridgehead atoms. The smallest absolute Gasteiger partial charge is 0.0330 e. The summed E-state index contributed by atoms with van der Waals surface area (Å²) in [6.07, 6.45) is 6.12. The van der Waals surface area contributed by atoms with Crippen LogP contribution in [0.4, 0.5) is 0 Å². The Morgan fingerprint density at radius 1 is 1.10 bits per heavy atom. The summed E-state index contributed by atoms with van der Waals surface area (Å²) in [4.78, 5) is 0. The quantitative estimate of drug-likeness (QED) is 0.775. The summed E-state index contributed by atoms with van der Waals surface area (Å²) in [6, 6.07) is 5.29. The monoisotopic (exact) mass is 273 g/mol. The van der Waals surface area contributed by atoms with Crippen molar-refractivity contribution in [3.8, 4) is 0 Å². The van der Waals surface area contributed by atoms with Gasteiger partial charge < -0.3 is 5.32 Å². The van der Waals surface area contributed by atoms with Crippen molar-refractivity contribution in [2.24, 2.45) is 5.41 Å². The number of rotatable bonds is 4. The van der Waals surface area contributed by atoms with Crippen LogP contribution in [0.2, 0.25) is 0 Å². The minimum atomic E-state index is 0.432. The predicted molar refractivity (Wildman–Crippen MR) is 88.3 cm³/mol. The lowest BCUT2D eigenvalue weighted by molar-refractivity contribution is 0.274. The van der Waals surface area contributed by atoms with Crippen LogP contribution < -0.4 is 5.32 Å². The topological polar surface area (TPSA) is 12.0 Å². The number of nitrogens with one attached hydrogen (secondary N) is 1. The van der Waals surface area contributed by atoms with Gasteiger partial charge in [0.05, 0.1) is 0 Å². The molecule has 0 fully saturated rings. The zero-order chi connectivity index (χ0) is 14.8. The predicted octanol–water partition coefficient (Wildman–Crippen LogP) is 4.82. The van der Waals surface area contributed by atoms with Gasteiger partial charge in [-0.3, -0.25) is 0 Å². The van der Waals surface area contributed by atoms with Crippen LogP contribution in [-0.2, 0) is 19.3 Å². The highest BCUT2D eigenvalue weighted by molar-refractivity contribution is 5.44. The molecule has 1 atom stereocenters. The summed E-state index contributed by atoms with van der Waals surface area (Å²) in [5.74, 6) is 0. The third-order valence-electron chi connectivity index (χ3n) is 4.91. The molecule has 1 heteroatoms. The Hall–Kier alpha value is -0.820. The van der Waals surface area contributed by atoms with Crippen LogP contribution in [0.5, 0.6) is 0 Å². The van der Waals surface area contributed by atoms with Gasteiger partial charge in [0, 0.05) is 6.04 Å². The fourth-order valence-corrected chi connectivity index (χ4v) is 3.77. The molecule has 1 aliphatic carbocycles. The fraction of sp³-hybridized carbons (Fsp3) is 0.684. The minimum absolute atomic E-state index is 0.432. The highest BCUT2D eigenvalue weighted by atomic mass is 14.9. The van der Waals surface area contributed by atoms with Crippen LogP contribution in [0.15, 0.2) is 12.1 Å². The van der Waals surface area contributed by atoms with Crippen LogP contribution in [0, 0.1) is 5.41 Å². The van der Waals surface area contributed by atoms with Crippen molar-refractivity contribution >= 4 is 0 Å². The molecular weight excluding hydrogens is 242 g/mol. The molecule has 112 valence electrons. The van der Waals surface area contributed by atoms with Gasteiger partial charge in [-0.25, -0.2) is 0 Å². The summed E-state index contributed by atoms with van der Waals surface area (Å²) >= 11 is 0. The molecule has 0 spiro atoms. The molecule has 1 aromatic rings. The highest BCUT2D eigenvalue weighted by Gasteiger charge is 2.31. The van der Waals surface area contributed by atoms with Crippen molar-refractivity contribution in [3.05, 3.63) is 34.4 Å². The zero-order valence-electron chi connectivity index (χ0n) is 14.0. The van der Waals surface area contributed by atoms with E-state index in [0.717, 1.165) is 19.4 Å². The van der Waals surface area contributed by atoms with E-state index in [-0.39, 0.29) is 0 Å². The van der Waals surface area contributed by atoms with E-state index >= 15 is 0 Å². The van der Waals surface area contributed by atoms with Crippen LogP contribution in [0.25, 0.3) is 0 Å². The number of benzene rings is 1. The number of hydrogen-bond acceptors (Lipinski definition) is 1. The van der Waals surface area contributed by atoms with Crippen LogP contribution in [0.3, 0.4) is 0 Å². The Morgan fingerprint density at radius 3 is 2.35 bits per heavy atom. The van der Waals surface area contributed by atoms with Crippen molar-refractivity contribution in [3.63, 3.8) is 0 Å². The van der Waals surface area contributed by atoms with Gasteiger partial charge in [0.25, 0.3) is 0 Å². The lowest BCUT2D eigenvalue weighted by Gasteiger charge is -2.28. The van der Waals surface area contributed by atoms with Gasteiger partial charge in [0.2, 0.25) is 0 Å². The molecule has 1 nitrogen and oxygen atoms in total. The number of aryl methyl sites for hydroxylation is 2. The molecule has 0 saturated carbocycles. The van der Waals surface area contributed by atoms with Gasteiger partial charge in [-0.2, -0.15) is 0 Å². The van der Waals surface area contributed by atoms with E-state index in [1.807, 2.05) is 0 Å². The molecule has 1 unspecified atom stereocenters. The van der Waals surface area contributed by atoms with E-state index in [0.29, 0.717) is 11.5 Å². The van der Waals surface area contributed by atoms with Crippen molar-refractivity contribution < 1.29 is 0 Å². The van der Waals surface area contributed by atoms with E-state index in [4.69, 9.17) is 0 Å². The van der Waals surface area contributed by atoms with E-state index in [1.54, 1.807) is 22.3 Å². The largest absolute Gasteiger partial charge is 0.310 e. The van der Waals surface area contributed by atoms with Crippen molar-refractivity contribution in [1.29, 1.82) is 0 Å². The maximum atomic E-state index is 3.76. The second-order valence-electron chi connectivity index (χ2n) is 6.96. The molecule has 0 aliphatic heterocycles. The maximum absolute atomic E-state index is 3.76. The van der Waals surface area contributed by atoms with Gasteiger partial charge in [0.1, 0.15) is 0 Å². The summed E-state index contributed by atoms with van der Waals surface area (Å²) in [6.45, 7) is 12.7. The van der Waals surface area contributed by atoms with Crippen molar-refractivity contribution in [2.75, 3.05) is 6.54 Å². The van der Waals surface area contributed by atoms with E-state index in [1.165, 1.54) is 19.3 Å². The first-order valence-corrected chi connectivity index (χ1v) is 8.39. The third kappa shape index (κ3) is 3.09. The molecule has 1 N–H and O–H groups in total. The first kappa shape index (κ1) is 15.6. The fourth-order valence-electron chi connectivity index (χ4n) is 3.77. The van der Waals surface area contributed by atoms with Crippen molar-refractivity contribution in [1.82, 2.24) is 5.32 Å². The summed E-state index contributed by atoms with van der Waals surface area (Å²) in [5.41, 5.74) is 6.85. The third-order valence-corrected chi connectivity index (χ3v) is 4.91. The number of hydrogen-bond donors (Lipinski definition) is 1. The first-order valence-electron chi connectivity index (χ1n) is 8.39. The van der Waals surface area contributed by atoms with Gasteiger partial charge in [-0.15, -0.1) is 0 Å². The Bertz CT molecular complexity index is 459. The minimum Gasteiger partial charge on any atom is -0.310 e.